The molecular formula is C13H18FNO. The molecule has 0 aromatic heterocycles. The van der Waals surface area contributed by atoms with Crippen molar-refractivity contribution >= 4 is 5.69 Å². The highest BCUT2D eigenvalue weighted by Crippen LogP contribution is 2.49. The van der Waals surface area contributed by atoms with Gasteiger partial charge in [-0.15, -0.1) is 0 Å². The number of nitrogens with one attached hydrogen (secondary N) is 1. The number of hydrogen-bond acceptors (Lipinski definition) is 2. The first-order chi connectivity index (χ1) is 7.55. The van der Waals surface area contributed by atoms with Crippen molar-refractivity contribution in [3.8, 4) is 5.75 Å². The third-order valence-electron chi connectivity index (χ3n) is 3.62. The van der Waals surface area contributed by atoms with Gasteiger partial charge in [0.05, 0.1) is 12.8 Å². The standard InChI is InChI=1S/C13H18FNO/c1-9(13(2)6-7-13)15-11-5-4-10(14)8-12(11)16-3/h4-5,8-9,15H,6-7H2,1-3H3. The van der Waals surface area contributed by atoms with Gasteiger partial charge in [0, 0.05) is 12.1 Å². The van der Waals surface area contributed by atoms with Gasteiger partial charge in [0.1, 0.15) is 11.6 Å². The van der Waals surface area contributed by atoms with E-state index in [4.69, 9.17) is 4.74 Å². The van der Waals surface area contributed by atoms with Gasteiger partial charge in [-0.2, -0.15) is 0 Å². The monoisotopic (exact) mass is 223 g/mol. The van der Waals surface area contributed by atoms with Crippen molar-refractivity contribution in [3.63, 3.8) is 0 Å². The maximum absolute atomic E-state index is 13.0. The molecule has 1 aliphatic rings. The fraction of sp³-hybridized carbons (Fsp3) is 0.538. The molecule has 2 rings (SSSR count). The van der Waals surface area contributed by atoms with Crippen molar-refractivity contribution in [3.05, 3.63) is 24.0 Å². The molecule has 2 nitrogen and oxygen atoms in total. The van der Waals surface area contributed by atoms with Gasteiger partial charge in [0.2, 0.25) is 0 Å². The van der Waals surface area contributed by atoms with Crippen LogP contribution < -0.4 is 10.1 Å². The predicted octanol–water partition coefficient (Wildman–Crippen LogP) is 3.43. The second kappa shape index (κ2) is 3.96. The van der Waals surface area contributed by atoms with Crippen molar-refractivity contribution < 1.29 is 9.13 Å². The zero-order valence-electron chi connectivity index (χ0n) is 10.0. The van der Waals surface area contributed by atoms with Crippen LogP contribution in [0.5, 0.6) is 5.75 Å². The first-order valence-corrected chi connectivity index (χ1v) is 5.65. The fourth-order valence-corrected chi connectivity index (χ4v) is 1.82. The lowest BCUT2D eigenvalue weighted by Crippen LogP contribution is -2.25. The summed E-state index contributed by atoms with van der Waals surface area (Å²) in [5.74, 6) is 0.295. The minimum atomic E-state index is -0.271. The van der Waals surface area contributed by atoms with E-state index in [9.17, 15) is 4.39 Å². The number of methoxy groups -OCH3 is 1. The molecular weight excluding hydrogens is 205 g/mol. The zero-order chi connectivity index (χ0) is 11.8. The lowest BCUT2D eigenvalue weighted by atomic mass is 10.0. The van der Waals surface area contributed by atoms with Crippen LogP contribution in [0.2, 0.25) is 0 Å². The summed E-state index contributed by atoms with van der Waals surface area (Å²) in [6.07, 6.45) is 2.51. The molecule has 0 heterocycles. The highest BCUT2D eigenvalue weighted by molar-refractivity contribution is 5.57. The number of halogens is 1. The van der Waals surface area contributed by atoms with Crippen LogP contribution in [0, 0.1) is 11.2 Å². The molecule has 0 aliphatic heterocycles. The zero-order valence-corrected chi connectivity index (χ0v) is 10.0. The summed E-state index contributed by atoms with van der Waals surface area (Å²) >= 11 is 0. The summed E-state index contributed by atoms with van der Waals surface area (Å²) in [6, 6.07) is 4.97. The summed E-state index contributed by atoms with van der Waals surface area (Å²) in [4.78, 5) is 0. The van der Waals surface area contributed by atoms with Crippen LogP contribution in [-0.4, -0.2) is 13.2 Å². The summed E-state index contributed by atoms with van der Waals surface area (Å²) < 4.78 is 18.2. The topological polar surface area (TPSA) is 21.3 Å². The number of ether oxygens (including phenoxy) is 1. The summed E-state index contributed by atoms with van der Waals surface area (Å²) in [5.41, 5.74) is 1.25. The Morgan fingerprint density at radius 2 is 2.12 bits per heavy atom. The summed E-state index contributed by atoms with van der Waals surface area (Å²) in [6.45, 7) is 4.43. The van der Waals surface area contributed by atoms with Crippen LogP contribution in [0.3, 0.4) is 0 Å². The molecule has 1 atom stereocenters. The third kappa shape index (κ3) is 2.13. The number of rotatable bonds is 4. The third-order valence-corrected chi connectivity index (χ3v) is 3.62. The van der Waals surface area contributed by atoms with Crippen molar-refractivity contribution in [2.75, 3.05) is 12.4 Å². The Kier molecular flexibility index (Phi) is 2.78. The summed E-state index contributed by atoms with van der Waals surface area (Å²) in [7, 11) is 1.56. The molecule has 0 saturated heterocycles. The molecule has 1 unspecified atom stereocenters. The van der Waals surface area contributed by atoms with Gasteiger partial charge in [-0.1, -0.05) is 6.92 Å². The van der Waals surface area contributed by atoms with Gasteiger partial charge in [-0.3, -0.25) is 0 Å². The largest absolute Gasteiger partial charge is 0.494 e. The molecule has 0 amide bonds. The Morgan fingerprint density at radius 3 is 2.69 bits per heavy atom. The van der Waals surface area contributed by atoms with Gasteiger partial charge in [0.15, 0.2) is 0 Å². The Hall–Kier alpha value is -1.25. The van der Waals surface area contributed by atoms with Crippen molar-refractivity contribution in [1.82, 2.24) is 0 Å². The van der Waals surface area contributed by atoms with E-state index in [1.807, 2.05) is 0 Å². The predicted molar refractivity (Wildman–Crippen MR) is 63.4 cm³/mol. The Balaban J connectivity index is 2.14. The molecule has 0 radical (unpaired) electrons. The minimum Gasteiger partial charge on any atom is -0.494 e. The van der Waals surface area contributed by atoms with Gasteiger partial charge < -0.3 is 10.1 Å². The molecule has 1 aromatic carbocycles. The molecule has 1 aliphatic carbocycles. The maximum Gasteiger partial charge on any atom is 0.144 e. The smallest absolute Gasteiger partial charge is 0.144 e. The molecule has 0 bridgehead atoms. The Morgan fingerprint density at radius 1 is 1.44 bits per heavy atom. The van der Waals surface area contributed by atoms with E-state index in [1.54, 1.807) is 13.2 Å². The minimum absolute atomic E-state index is 0.271. The lowest BCUT2D eigenvalue weighted by molar-refractivity contribution is 0.410. The second-order valence-corrected chi connectivity index (χ2v) is 4.86. The number of anilines is 1. The normalized spacial score (nSPS) is 19.0. The van der Waals surface area contributed by atoms with Crippen LogP contribution in [0.25, 0.3) is 0 Å². The van der Waals surface area contributed by atoms with E-state index < -0.39 is 0 Å². The average molecular weight is 223 g/mol. The van der Waals surface area contributed by atoms with Crippen molar-refractivity contribution in [2.45, 2.75) is 32.7 Å². The Bertz CT molecular complexity index is 388. The molecule has 0 spiro atoms. The molecule has 16 heavy (non-hydrogen) atoms. The molecule has 1 saturated carbocycles. The summed E-state index contributed by atoms with van der Waals surface area (Å²) in [5, 5.41) is 3.40. The SMILES string of the molecule is COc1cc(F)ccc1NC(C)C1(C)CC1. The second-order valence-electron chi connectivity index (χ2n) is 4.86. The van der Waals surface area contributed by atoms with E-state index in [0.717, 1.165) is 5.69 Å². The van der Waals surface area contributed by atoms with E-state index in [2.05, 4.69) is 19.2 Å². The first kappa shape index (κ1) is 11.2. The molecule has 3 heteroatoms. The van der Waals surface area contributed by atoms with E-state index in [-0.39, 0.29) is 5.82 Å². The molecule has 1 fully saturated rings. The number of hydrogen-bond donors (Lipinski definition) is 1. The maximum atomic E-state index is 13.0. The quantitative estimate of drug-likeness (QED) is 0.844. The van der Waals surface area contributed by atoms with Crippen LogP contribution in [0.15, 0.2) is 18.2 Å². The highest BCUT2D eigenvalue weighted by atomic mass is 19.1. The van der Waals surface area contributed by atoms with Gasteiger partial charge in [0.25, 0.3) is 0 Å². The molecule has 1 N–H and O–H groups in total. The van der Waals surface area contributed by atoms with E-state index in [0.29, 0.717) is 17.2 Å². The van der Waals surface area contributed by atoms with Crippen LogP contribution >= 0.6 is 0 Å². The van der Waals surface area contributed by atoms with E-state index in [1.165, 1.54) is 25.0 Å². The van der Waals surface area contributed by atoms with Crippen LogP contribution in [0.4, 0.5) is 10.1 Å². The van der Waals surface area contributed by atoms with Crippen molar-refractivity contribution in [2.24, 2.45) is 5.41 Å². The Labute approximate surface area is 95.8 Å². The van der Waals surface area contributed by atoms with Gasteiger partial charge in [-0.05, 0) is 37.3 Å². The first-order valence-electron chi connectivity index (χ1n) is 5.65. The van der Waals surface area contributed by atoms with Crippen LogP contribution in [-0.2, 0) is 0 Å². The lowest BCUT2D eigenvalue weighted by Gasteiger charge is -2.22. The van der Waals surface area contributed by atoms with Crippen molar-refractivity contribution in [1.29, 1.82) is 0 Å². The van der Waals surface area contributed by atoms with Gasteiger partial charge in [-0.25, -0.2) is 4.39 Å². The molecule has 1 aromatic rings. The average Bonchev–Trinajstić information content (AvgIpc) is 3.00. The number of benzene rings is 1. The van der Waals surface area contributed by atoms with E-state index >= 15 is 0 Å². The fourth-order valence-electron chi connectivity index (χ4n) is 1.82. The van der Waals surface area contributed by atoms with Gasteiger partial charge >= 0.3 is 0 Å². The highest BCUT2D eigenvalue weighted by Gasteiger charge is 2.42. The molecule has 88 valence electrons. The van der Waals surface area contributed by atoms with Crippen LogP contribution in [0.1, 0.15) is 26.7 Å².